The second kappa shape index (κ2) is 8.15. The van der Waals surface area contributed by atoms with E-state index in [0.29, 0.717) is 11.8 Å². The second-order valence-corrected chi connectivity index (χ2v) is 7.28. The van der Waals surface area contributed by atoms with Crippen LogP contribution in [0.2, 0.25) is 0 Å². The van der Waals surface area contributed by atoms with E-state index in [2.05, 4.69) is 102 Å². The predicted octanol–water partition coefficient (Wildman–Crippen LogP) is 7.39. The zero-order chi connectivity index (χ0) is 17.7. The van der Waals surface area contributed by atoms with Crippen molar-refractivity contribution in [2.75, 3.05) is 0 Å². The number of rotatable bonds is 2. The summed E-state index contributed by atoms with van der Waals surface area (Å²) in [5, 5.41) is 2.71. The van der Waals surface area contributed by atoms with Crippen molar-refractivity contribution in [1.82, 2.24) is 0 Å². The SMILES string of the molecule is CC(C)c1cccc(C(C)C)c1.Cc1cc(C)c2ccccc2c1. The van der Waals surface area contributed by atoms with Crippen LogP contribution in [-0.2, 0) is 0 Å². The van der Waals surface area contributed by atoms with Crippen molar-refractivity contribution in [2.24, 2.45) is 0 Å². The van der Waals surface area contributed by atoms with Crippen molar-refractivity contribution >= 4 is 10.8 Å². The lowest BCUT2D eigenvalue weighted by atomic mass is 9.96. The molecule has 0 bridgehead atoms. The molecule has 0 spiro atoms. The average Bonchev–Trinajstić information content (AvgIpc) is 2.55. The van der Waals surface area contributed by atoms with Crippen molar-refractivity contribution in [3.8, 4) is 0 Å². The molecule has 3 rings (SSSR count). The first-order valence-corrected chi connectivity index (χ1v) is 8.94. The van der Waals surface area contributed by atoms with Crippen molar-refractivity contribution in [3.63, 3.8) is 0 Å². The Kier molecular flexibility index (Phi) is 6.20. The van der Waals surface area contributed by atoms with E-state index in [4.69, 9.17) is 0 Å². The third kappa shape index (κ3) is 4.71. The van der Waals surface area contributed by atoms with Gasteiger partial charge in [0.15, 0.2) is 0 Å². The van der Waals surface area contributed by atoms with Crippen LogP contribution in [0.15, 0.2) is 60.7 Å². The zero-order valence-corrected chi connectivity index (χ0v) is 15.9. The van der Waals surface area contributed by atoms with Gasteiger partial charge in [-0.3, -0.25) is 0 Å². The second-order valence-electron chi connectivity index (χ2n) is 7.28. The topological polar surface area (TPSA) is 0 Å². The van der Waals surface area contributed by atoms with Crippen molar-refractivity contribution < 1.29 is 0 Å². The van der Waals surface area contributed by atoms with E-state index >= 15 is 0 Å². The first-order chi connectivity index (χ1) is 11.4. The Morgan fingerprint density at radius 1 is 0.625 bits per heavy atom. The highest BCUT2D eigenvalue weighted by Crippen LogP contribution is 2.21. The Hall–Kier alpha value is -2.08. The first kappa shape index (κ1) is 18.3. The fourth-order valence-electron chi connectivity index (χ4n) is 2.97. The summed E-state index contributed by atoms with van der Waals surface area (Å²) in [6, 6.07) is 21.8. The molecular formula is C24H30. The van der Waals surface area contributed by atoms with Gasteiger partial charge in [0.05, 0.1) is 0 Å². The molecule has 0 N–H and O–H groups in total. The zero-order valence-electron chi connectivity index (χ0n) is 15.9. The lowest BCUT2D eigenvalue weighted by Crippen LogP contribution is -1.91. The van der Waals surface area contributed by atoms with Crippen LogP contribution >= 0.6 is 0 Å². The van der Waals surface area contributed by atoms with Crippen LogP contribution in [0.5, 0.6) is 0 Å². The summed E-state index contributed by atoms with van der Waals surface area (Å²) in [5.74, 6) is 1.28. The summed E-state index contributed by atoms with van der Waals surface area (Å²) in [7, 11) is 0. The maximum atomic E-state index is 2.31. The van der Waals surface area contributed by atoms with Gasteiger partial charge in [-0.15, -0.1) is 0 Å². The minimum Gasteiger partial charge on any atom is -0.0617 e. The maximum Gasteiger partial charge on any atom is -0.0155 e. The van der Waals surface area contributed by atoms with Crippen LogP contribution in [0.25, 0.3) is 10.8 Å². The average molecular weight is 319 g/mol. The summed E-state index contributed by atoms with van der Waals surface area (Å²) in [6.07, 6.45) is 0. The summed E-state index contributed by atoms with van der Waals surface area (Å²) in [4.78, 5) is 0. The van der Waals surface area contributed by atoms with Gasteiger partial charge >= 0.3 is 0 Å². The molecule has 0 nitrogen and oxygen atoms in total. The number of aryl methyl sites for hydroxylation is 2. The summed E-state index contributed by atoms with van der Waals surface area (Å²) in [6.45, 7) is 13.2. The molecule has 0 fully saturated rings. The van der Waals surface area contributed by atoms with E-state index in [9.17, 15) is 0 Å². The van der Waals surface area contributed by atoms with Gasteiger partial charge in [0.25, 0.3) is 0 Å². The van der Waals surface area contributed by atoms with Crippen LogP contribution in [0.1, 0.15) is 61.8 Å². The molecule has 126 valence electrons. The molecule has 24 heavy (non-hydrogen) atoms. The van der Waals surface area contributed by atoms with E-state index in [1.165, 1.54) is 33.0 Å². The smallest absolute Gasteiger partial charge is 0.0155 e. The number of hydrogen-bond donors (Lipinski definition) is 0. The van der Waals surface area contributed by atoms with Gasteiger partial charge in [-0.05, 0) is 53.1 Å². The first-order valence-electron chi connectivity index (χ1n) is 8.94. The number of hydrogen-bond acceptors (Lipinski definition) is 0. The maximum absolute atomic E-state index is 2.31. The highest BCUT2D eigenvalue weighted by atomic mass is 14.1. The van der Waals surface area contributed by atoms with Gasteiger partial charge in [0.1, 0.15) is 0 Å². The van der Waals surface area contributed by atoms with E-state index in [1.54, 1.807) is 0 Å². The fraction of sp³-hybridized carbons (Fsp3) is 0.333. The highest BCUT2D eigenvalue weighted by Gasteiger charge is 2.02. The third-order valence-electron chi connectivity index (χ3n) is 4.46. The summed E-state index contributed by atoms with van der Waals surface area (Å²) < 4.78 is 0. The molecule has 0 aliphatic heterocycles. The lowest BCUT2D eigenvalue weighted by Gasteiger charge is -2.09. The summed E-state index contributed by atoms with van der Waals surface area (Å²) in [5.41, 5.74) is 5.60. The molecule has 0 heteroatoms. The molecular weight excluding hydrogens is 288 g/mol. The van der Waals surface area contributed by atoms with Gasteiger partial charge < -0.3 is 0 Å². The lowest BCUT2D eigenvalue weighted by molar-refractivity contribution is 0.834. The molecule has 0 saturated heterocycles. The molecule has 0 radical (unpaired) electrons. The van der Waals surface area contributed by atoms with Gasteiger partial charge in [-0.25, -0.2) is 0 Å². The van der Waals surface area contributed by atoms with Gasteiger partial charge in [-0.1, -0.05) is 93.9 Å². The van der Waals surface area contributed by atoms with Crippen LogP contribution in [0.3, 0.4) is 0 Å². The Labute approximate surface area is 147 Å². The van der Waals surface area contributed by atoms with Gasteiger partial charge in [0.2, 0.25) is 0 Å². The summed E-state index contributed by atoms with van der Waals surface area (Å²) >= 11 is 0. The molecule has 0 atom stereocenters. The van der Waals surface area contributed by atoms with Crippen LogP contribution in [-0.4, -0.2) is 0 Å². The molecule has 3 aromatic carbocycles. The largest absolute Gasteiger partial charge is 0.0617 e. The molecule has 0 saturated carbocycles. The van der Waals surface area contributed by atoms with Crippen LogP contribution in [0.4, 0.5) is 0 Å². The highest BCUT2D eigenvalue weighted by molar-refractivity contribution is 5.86. The van der Waals surface area contributed by atoms with Crippen LogP contribution < -0.4 is 0 Å². The monoisotopic (exact) mass is 318 g/mol. The molecule has 0 unspecified atom stereocenters. The molecule has 0 aliphatic carbocycles. The normalized spacial score (nSPS) is 10.8. The molecule has 0 amide bonds. The molecule has 0 heterocycles. The standard InChI is InChI=1S/C12H12.C12H18/c1-9-7-10(2)12-6-4-3-5-11(12)8-9;1-9(2)11-6-5-7-12(8-11)10(3)4/h3-8H,1-2H3;5-10H,1-4H3. The Morgan fingerprint density at radius 2 is 1.21 bits per heavy atom. The fourth-order valence-corrected chi connectivity index (χ4v) is 2.97. The van der Waals surface area contributed by atoms with Crippen molar-refractivity contribution in [1.29, 1.82) is 0 Å². The van der Waals surface area contributed by atoms with Gasteiger partial charge in [-0.2, -0.15) is 0 Å². The van der Waals surface area contributed by atoms with E-state index in [0.717, 1.165) is 0 Å². The number of benzene rings is 3. The van der Waals surface area contributed by atoms with E-state index in [-0.39, 0.29) is 0 Å². The minimum atomic E-state index is 0.642. The number of fused-ring (bicyclic) bond motifs is 1. The van der Waals surface area contributed by atoms with Crippen LogP contribution in [0, 0.1) is 13.8 Å². The molecule has 0 aliphatic rings. The Bertz CT molecular complexity index is 771. The van der Waals surface area contributed by atoms with Crippen molar-refractivity contribution in [2.45, 2.75) is 53.4 Å². The van der Waals surface area contributed by atoms with E-state index < -0.39 is 0 Å². The quantitative estimate of drug-likeness (QED) is 0.462. The Morgan fingerprint density at radius 3 is 1.79 bits per heavy atom. The molecule has 3 aromatic rings. The Balaban J connectivity index is 0.000000174. The third-order valence-corrected chi connectivity index (χ3v) is 4.46. The van der Waals surface area contributed by atoms with E-state index in [1.807, 2.05) is 0 Å². The predicted molar refractivity (Wildman–Crippen MR) is 108 cm³/mol. The molecule has 0 aromatic heterocycles. The van der Waals surface area contributed by atoms with Gasteiger partial charge in [0, 0.05) is 0 Å². The minimum absolute atomic E-state index is 0.642. The van der Waals surface area contributed by atoms with Crippen molar-refractivity contribution in [3.05, 3.63) is 82.9 Å².